The molecule has 0 bridgehead atoms. The molecule has 0 atom stereocenters. The van der Waals surface area contributed by atoms with Gasteiger partial charge < -0.3 is 9.30 Å². The minimum atomic E-state index is -0.595. The lowest BCUT2D eigenvalue weighted by atomic mass is 9.91. The van der Waals surface area contributed by atoms with Crippen LogP contribution in [0.1, 0.15) is 47.2 Å². The predicted molar refractivity (Wildman–Crippen MR) is 158 cm³/mol. The van der Waals surface area contributed by atoms with Gasteiger partial charge >= 0.3 is 6.09 Å². The van der Waals surface area contributed by atoms with Crippen LogP contribution in [0.5, 0.6) is 0 Å². The number of nitrogens with zero attached hydrogens (tertiary/aromatic N) is 10. The fourth-order valence-electron chi connectivity index (χ4n) is 4.23. The zero-order valence-electron chi connectivity index (χ0n) is 24.5. The highest BCUT2D eigenvalue weighted by atomic mass is 16.6. The number of ether oxygens (including phenoxy) is 1. The molecule has 0 aliphatic carbocycles. The van der Waals surface area contributed by atoms with Crippen molar-refractivity contribution in [2.24, 2.45) is 17.3 Å². The molecule has 13 heteroatoms. The number of aromatic nitrogens is 7. The Balaban J connectivity index is 1.54. The van der Waals surface area contributed by atoms with E-state index in [1.54, 1.807) is 35.1 Å². The summed E-state index contributed by atoms with van der Waals surface area (Å²) >= 11 is 0. The van der Waals surface area contributed by atoms with E-state index in [1.165, 1.54) is 10.9 Å². The van der Waals surface area contributed by atoms with E-state index in [0.717, 1.165) is 5.56 Å². The van der Waals surface area contributed by atoms with Gasteiger partial charge in [0.1, 0.15) is 5.60 Å². The van der Waals surface area contributed by atoms with Crippen molar-refractivity contribution in [3.8, 4) is 17.2 Å². The van der Waals surface area contributed by atoms with Crippen molar-refractivity contribution in [3.63, 3.8) is 0 Å². The summed E-state index contributed by atoms with van der Waals surface area (Å²) in [4.78, 5) is 20.1. The van der Waals surface area contributed by atoms with Crippen molar-refractivity contribution in [1.29, 1.82) is 0 Å². The van der Waals surface area contributed by atoms with Gasteiger partial charge in [-0.3, -0.25) is 5.32 Å². The van der Waals surface area contributed by atoms with Crippen molar-refractivity contribution in [2.45, 2.75) is 52.6 Å². The maximum atomic E-state index is 12.2. The fraction of sp³-hybridized carbons (Fsp3) is 0.310. The minimum Gasteiger partial charge on any atom is -0.444 e. The number of nitrogens with one attached hydrogen (secondary N) is 1. The quantitative estimate of drug-likeness (QED) is 0.181. The van der Waals surface area contributed by atoms with E-state index in [1.807, 2.05) is 71.4 Å². The number of rotatable bonds is 5. The lowest BCUT2D eigenvalue weighted by Crippen LogP contribution is -2.27. The van der Waals surface area contributed by atoms with Crippen LogP contribution in [-0.2, 0) is 17.2 Å². The SMILES string of the molecule is [C-]#[N+]c1cnn(-c2ccccn2)c1N=Nc1c(C(C)(C)C)nn2nc(-c3ccc(NC(=O)OC(C)(C)C)cc3)n(C)c12. The van der Waals surface area contributed by atoms with Crippen LogP contribution in [0.15, 0.2) is 65.1 Å². The Hall–Kier alpha value is -5.38. The van der Waals surface area contributed by atoms with Crippen LogP contribution >= 0.6 is 0 Å². The van der Waals surface area contributed by atoms with Gasteiger partial charge in [0, 0.05) is 29.9 Å². The average Bonchev–Trinajstić information content (AvgIpc) is 3.59. The first-order valence-electron chi connectivity index (χ1n) is 13.2. The minimum absolute atomic E-state index is 0.246. The van der Waals surface area contributed by atoms with Crippen LogP contribution in [0.3, 0.4) is 0 Å². The van der Waals surface area contributed by atoms with Gasteiger partial charge in [-0.1, -0.05) is 26.8 Å². The highest BCUT2D eigenvalue weighted by Gasteiger charge is 2.28. The van der Waals surface area contributed by atoms with E-state index in [0.29, 0.717) is 34.4 Å². The van der Waals surface area contributed by atoms with Crippen LogP contribution in [0.25, 0.3) is 27.7 Å². The third-order valence-electron chi connectivity index (χ3n) is 6.10. The standard InChI is InChI=1S/C29H31N11O2/c1-28(2,3)23-22(34-35-25-20(30-7)17-32-39(25)21-11-9-10-16-31-21)26-38(8)24(37-40(26)36-23)18-12-14-19(15-13-18)33-27(41)42-29(4,5)6/h9-17H,1-6,8H3,(H,33,41). The molecule has 0 fully saturated rings. The fourth-order valence-corrected chi connectivity index (χ4v) is 4.23. The van der Waals surface area contributed by atoms with E-state index < -0.39 is 11.7 Å². The van der Waals surface area contributed by atoms with Crippen LogP contribution in [0.4, 0.5) is 27.7 Å². The molecule has 5 rings (SSSR count). The van der Waals surface area contributed by atoms with E-state index in [-0.39, 0.29) is 16.9 Å². The van der Waals surface area contributed by atoms with Gasteiger partial charge in [-0.15, -0.1) is 20.0 Å². The summed E-state index contributed by atoms with van der Waals surface area (Å²) in [6.07, 6.45) is 2.56. The molecular formula is C29H31N11O2. The van der Waals surface area contributed by atoms with Crippen LogP contribution in [0.2, 0.25) is 0 Å². The van der Waals surface area contributed by atoms with Crippen molar-refractivity contribution < 1.29 is 9.53 Å². The summed E-state index contributed by atoms with van der Waals surface area (Å²) in [5, 5.41) is 25.7. The number of carbonyl (C=O) groups is 1. The Morgan fingerprint density at radius 1 is 1.02 bits per heavy atom. The largest absolute Gasteiger partial charge is 0.444 e. The zero-order chi connectivity index (χ0) is 30.2. The molecule has 0 saturated carbocycles. The second-order valence-corrected chi connectivity index (χ2v) is 11.6. The summed E-state index contributed by atoms with van der Waals surface area (Å²) < 4.78 is 10.2. The number of amides is 1. The summed E-state index contributed by atoms with van der Waals surface area (Å²) in [5.74, 6) is 1.42. The molecule has 0 spiro atoms. The number of fused-ring (bicyclic) bond motifs is 1. The second kappa shape index (κ2) is 10.5. The van der Waals surface area contributed by atoms with E-state index in [2.05, 4.69) is 30.5 Å². The van der Waals surface area contributed by atoms with Crippen molar-refractivity contribution in [3.05, 3.63) is 72.0 Å². The van der Waals surface area contributed by atoms with Gasteiger partial charge in [0.2, 0.25) is 0 Å². The average molecular weight is 566 g/mol. The molecule has 5 aromatic rings. The first-order valence-corrected chi connectivity index (χ1v) is 13.2. The number of carbonyl (C=O) groups excluding carboxylic acids is 1. The van der Waals surface area contributed by atoms with E-state index >= 15 is 0 Å². The van der Waals surface area contributed by atoms with E-state index in [9.17, 15) is 4.79 Å². The van der Waals surface area contributed by atoms with Crippen LogP contribution in [0, 0.1) is 6.57 Å². The second-order valence-electron chi connectivity index (χ2n) is 11.6. The van der Waals surface area contributed by atoms with Crippen molar-refractivity contribution in [2.75, 3.05) is 5.32 Å². The Morgan fingerprint density at radius 3 is 2.38 bits per heavy atom. The topological polar surface area (TPSA) is 133 Å². The third kappa shape index (κ3) is 5.60. The maximum Gasteiger partial charge on any atom is 0.412 e. The summed E-state index contributed by atoms with van der Waals surface area (Å²) in [6, 6.07) is 12.7. The lowest BCUT2D eigenvalue weighted by Gasteiger charge is -2.19. The van der Waals surface area contributed by atoms with Crippen molar-refractivity contribution >= 4 is 34.6 Å². The van der Waals surface area contributed by atoms with Gasteiger partial charge in [-0.05, 0) is 57.2 Å². The molecule has 4 aromatic heterocycles. The number of pyridine rings is 1. The highest BCUT2D eigenvalue weighted by Crippen LogP contribution is 2.38. The third-order valence-corrected chi connectivity index (χ3v) is 6.10. The molecule has 0 radical (unpaired) electrons. The molecule has 0 aliphatic rings. The van der Waals surface area contributed by atoms with Gasteiger partial charge in [-0.25, -0.2) is 19.3 Å². The summed E-state index contributed by atoms with van der Waals surface area (Å²) in [6.45, 7) is 19.1. The monoisotopic (exact) mass is 565 g/mol. The van der Waals surface area contributed by atoms with Gasteiger partial charge in [0.15, 0.2) is 28.8 Å². The molecule has 1 N–H and O–H groups in total. The molecular weight excluding hydrogens is 534 g/mol. The number of anilines is 1. The summed E-state index contributed by atoms with van der Waals surface area (Å²) in [5.41, 5.74) is 2.53. The van der Waals surface area contributed by atoms with Gasteiger partial charge in [-0.2, -0.15) is 10.2 Å². The Morgan fingerprint density at radius 2 is 1.76 bits per heavy atom. The molecule has 1 aromatic carbocycles. The molecule has 13 nitrogen and oxygen atoms in total. The number of benzene rings is 1. The normalized spacial score (nSPS) is 12.1. The lowest BCUT2D eigenvalue weighted by molar-refractivity contribution is 0.0636. The molecule has 0 saturated heterocycles. The first-order chi connectivity index (χ1) is 19.9. The number of azo groups is 1. The number of hydrogen-bond donors (Lipinski definition) is 1. The van der Waals surface area contributed by atoms with Crippen LogP contribution < -0.4 is 5.32 Å². The van der Waals surface area contributed by atoms with E-state index in [4.69, 9.17) is 21.5 Å². The number of aryl methyl sites for hydroxylation is 1. The molecule has 1 amide bonds. The Labute approximate surface area is 242 Å². The highest BCUT2D eigenvalue weighted by molar-refractivity contribution is 5.85. The van der Waals surface area contributed by atoms with Gasteiger partial charge in [0.25, 0.3) is 5.69 Å². The van der Waals surface area contributed by atoms with Crippen molar-refractivity contribution in [1.82, 2.24) is 34.2 Å². The maximum absolute atomic E-state index is 12.2. The smallest absolute Gasteiger partial charge is 0.412 e. The van der Waals surface area contributed by atoms with Gasteiger partial charge in [0.05, 0.1) is 18.5 Å². The number of hydrogen-bond acceptors (Lipinski definition) is 8. The molecule has 214 valence electrons. The summed E-state index contributed by atoms with van der Waals surface area (Å²) in [7, 11) is 1.88. The molecule has 4 heterocycles. The zero-order valence-corrected chi connectivity index (χ0v) is 24.5. The molecule has 0 unspecified atom stereocenters. The molecule has 0 aliphatic heterocycles. The molecule has 42 heavy (non-hydrogen) atoms. The Kier molecular flexibility index (Phi) is 7.07. The van der Waals surface area contributed by atoms with Crippen LogP contribution in [-0.4, -0.2) is 45.9 Å². The first kappa shape index (κ1) is 28.2. The Bertz CT molecular complexity index is 1830. The predicted octanol–water partition coefficient (Wildman–Crippen LogP) is 6.93.